The third-order valence-electron chi connectivity index (χ3n) is 2.09. The molecular formula is C7H13F2NO. The number of alkyl halides is 2. The fourth-order valence-electron chi connectivity index (χ4n) is 1.52. The Kier molecular flexibility index (Phi) is 2.44. The predicted molar refractivity (Wildman–Crippen MR) is 37.6 cm³/mol. The average Bonchev–Trinajstić information content (AvgIpc) is 2.07. The summed E-state index contributed by atoms with van der Waals surface area (Å²) in [6.45, 7) is 0.0827. The van der Waals surface area contributed by atoms with Gasteiger partial charge in [-0.2, -0.15) is 0 Å². The van der Waals surface area contributed by atoms with Gasteiger partial charge in [-0.1, -0.05) is 0 Å². The van der Waals surface area contributed by atoms with E-state index in [1.807, 2.05) is 0 Å². The minimum Gasteiger partial charge on any atom is -0.396 e. The van der Waals surface area contributed by atoms with Crippen LogP contribution in [0, 0.1) is 5.92 Å². The van der Waals surface area contributed by atoms with Crippen LogP contribution in [-0.4, -0.2) is 42.7 Å². The van der Waals surface area contributed by atoms with Gasteiger partial charge in [-0.3, -0.25) is 0 Å². The summed E-state index contributed by atoms with van der Waals surface area (Å²) >= 11 is 0. The number of halogens is 2. The van der Waals surface area contributed by atoms with Gasteiger partial charge in [0.05, 0.1) is 6.54 Å². The third-order valence-corrected chi connectivity index (χ3v) is 2.09. The highest BCUT2D eigenvalue weighted by Crippen LogP contribution is 2.33. The van der Waals surface area contributed by atoms with Crippen molar-refractivity contribution in [1.29, 1.82) is 0 Å². The Bertz CT molecular complexity index is 140. The van der Waals surface area contributed by atoms with E-state index in [0.29, 0.717) is 6.54 Å². The van der Waals surface area contributed by atoms with Gasteiger partial charge in [-0.25, -0.2) is 8.78 Å². The fraction of sp³-hybridized carbons (Fsp3) is 1.00. The third kappa shape index (κ3) is 1.87. The molecule has 1 rings (SSSR count). The van der Waals surface area contributed by atoms with Crippen molar-refractivity contribution in [2.75, 3.05) is 26.7 Å². The van der Waals surface area contributed by atoms with Gasteiger partial charge in [-0.15, -0.1) is 0 Å². The average molecular weight is 165 g/mol. The van der Waals surface area contributed by atoms with Crippen LogP contribution in [0.25, 0.3) is 0 Å². The molecule has 1 aliphatic rings. The molecule has 1 unspecified atom stereocenters. The van der Waals surface area contributed by atoms with Gasteiger partial charge >= 0.3 is 0 Å². The molecule has 1 heterocycles. The van der Waals surface area contributed by atoms with Gasteiger partial charge in [0, 0.05) is 19.1 Å². The second kappa shape index (κ2) is 3.03. The highest BCUT2D eigenvalue weighted by atomic mass is 19.3. The zero-order valence-electron chi connectivity index (χ0n) is 6.56. The summed E-state index contributed by atoms with van der Waals surface area (Å²) in [7, 11) is 1.67. The smallest absolute Gasteiger partial charge is 0.264 e. The van der Waals surface area contributed by atoms with Crippen LogP contribution in [0.5, 0.6) is 0 Å². The summed E-state index contributed by atoms with van der Waals surface area (Å²) < 4.78 is 25.8. The number of rotatable bonds is 2. The second-order valence-electron chi connectivity index (χ2n) is 3.17. The van der Waals surface area contributed by atoms with E-state index in [1.54, 1.807) is 11.9 Å². The molecule has 0 bridgehead atoms. The Labute approximate surface area is 64.8 Å². The Morgan fingerprint density at radius 2 is 2.27 bits per heavy atom. The van der Waals surface area contributed by atoms with Gasteiger partial charge in [0.1, 0.15) is 0 Å². The lowest BCUT2D eigenvalue weighted by atomic mass is 10.0. The van der Waals surface area contributed by atoms with E-state index in [0.717, 1.165) is 0 Å². The van der Waals surface area contributed by atoms with Crippen molar-refractivity contribution in [2.24, 2.45) is 5.92 Å². The topological polar surface area (TPSA) is 23.5 Å². The first kappa shape index (κ1) is 8.87. The van der Waals surface area contributed by atoms with Crippen molar-refractivity contribution in [3.8, 4) is 0 Å². The summed E-state index contributed by atoms with van der Waals surface area (Å²) in [5.41, 5.74) is 0. The molecule has 4 heteroatoms. The van der Waals surface area contributed by atoms with Crippen LogP contribution in [-0.2, 0) is 0 Å². The fourth-order valence-corrected chi connectivity index (χ4v) is 1.52. The first-order chi connectivity index (χ1) is 5.06. The zero-order valence-corrected chi connectivity index (χ0v) is 6.56. The summed E-state index contributed by atoms with van der Waals surface area (Å²) in [4.78, 5) is 1.60. The van der Waals surface area contributed by atoms with E-state index in [1.165, 1.54) is 0 Å². The molecule has 66 valence electrons. The number of likely N-dealkylation sites (tertiary alicyclic amines) is 1. The largest absolute Gasteiger partial charge is 0.396 e. The monoisotopic (exact) mass is 165 g/mol. The van der Waals surface area contributed by atoms with E-state index in [9.17, 15) is 8.78 Å². The number of hydrogen-bond donors (Lipinski definition) is 1. The molecule has 1 atom stereocenters. The van der Waals surface area contributed by atoms with Crippen molar-refractivity contribution in [3.05, 3.63) is 0 Å². The molecule has 11 heavy (non-hydrogen) atoms. The maximum atomic E-state index is 12.9. The molecule has 0 aromatic carbocycles. The Morgan fingerprint density at radius 3 is 2.64 bits per heavy atom. The number of aliphatic hydroxyl groups excluding tert-OH is 1. The lowest BCUT2D eigenvalue weighted by Crippen LogP contribution is -2.27. The molecule has 0 aliphatic carbocycles. The van der Waals surface area contributed by atoms with Crippen LogP contribution in [0.4, 0.5) is 8.78 Å². The van der Waals surface area contributed by atoms with Gasteiger partial charge in [0.25, 0.3) is 5.92 Å². The van der Waals surface area contributed by atoms with E-state index in [2.05, 4.69) is 0 Å². The molecule has 0 saturated carbocycles. The summed E-state index contributed by atoms with van der Waals surface area (Å²) in [5.74, 6) is -3.25. The van der Waals surface area contributed by atoms with Gasteiger partial charge < -0.3 is 10.0 Å². The SMILES string of the molecule is CN1CC(CCO)C(F)(F)C1. The summed E-state index contributed by atoms with van der Waals surface area (Å²) in [6.07, 6.45) is 0.206. The van der Waals surface area contributed by atoms with Crippen LogP contribution >= 0.6 is 0 Å². The molecule has 1 aliphatic heterocycles. The Morgan fingerprint density at radius 1 is 1.64 bits per heavy atom. The van der Waals surface area contributed by atoms with Crippen molar-refractivity contribution in [1.82, 2.24) is 4.90 Å². The zero-order chi connectivity index (χ0) is 8.48. The van der Waals surface area contributed by atoms with Gasteiger partial charge in [-0.05, 0) is 13.5 Å². The van der Waals surface area contributed by atoms with Crippen LogP contribution in [0.3, 0.4) is 0 Å². The number of hydrogen-bond acceptors (Lipinski definition) is 2. The van der Waals surface area contributed by atoms with Crippen molar-refractivity contribution < 1.29 is 13.9 Å². The lowest BCUT2D eigenvalue weighted by Gasteiger charge is -2.15. The van der Waals surface area contributed by atoms with E-state index < -0.39 is 11.8 Å². The maximum absolute atomic E-state index is 12.9. The Balaban J connectivity index is 2.51. The van der Waals surface area contributed by atoms with Crippen molar-refractivity contribution >= 4 is 0 Å². The van der Waals surface area contributed by atoms with Crippen LogP contribution < -0.4 is 0 Å². The number of aliphatic hydroxyl groups is 1. The first-order valence-electron chi connectivity index (χ1n) is 3.73. The lowest BCUT2D eigenvalue weighted by molar-refractivity contribution is -0.0326. The molecule has 2 nitrogen and oxygen atoms in total. The number of nitrogens with zero attached hydrogens (tertiary/aromatic N) is 1. The first-order valence-corrected chi connectivity index (χ1v) is 3.73. The normalized spacial score (nSPS) is 31.1. The highest BCUT2D eigenvalue weighted by Gasteiger charge is 2.45. The van der Waals surface area contributed by atoms with E-state index >= 15 is 0 Å². The van der Waals surface area contributed by atoms with Crippen LogP contribution in [0.1, 0.15) is 6.42 Å². The maximum Gasteiger partial charge on any atom is 0.264 e. The van der Waals surface area contributed by atoms with E-state index in [4.69, 9.17) is 5.11 Å². The quantitative estimate of drug-likeness (QED) is 0.646. The molecule has 1 fully saturated rings. The standard InChI is InChI=1S/C7H13F2NO/c1-10-4-6(2-3-11)7(8,9)5-10/h6,11H,2-5H2,1H3. The molecule has 1 N–H and O–H groups in total. The minimum atomic E-state index is -2.60. The van der Waals surface area contributed by atoms with E-state index in [-0.39, 0.29) is 19.6 Å². The molecule has 0 radical (unpaired) electrons. The molecule has 0 spiro atoms. The molecular weight excluding hydrogens is 152 g/mol. The second-order valence-corrected chi connectivity index (χ2v) is 3.17. The predicted octanol–water partition coefficient (Wildman–Crippen LogP) is 0.566. The van der Waals surface area contributed by atoms with Crippen molar-refractivity contribution in [3.63, 3.8) is 0 Å². The highest BCUT2D eigenvalue weighted by molar-refractivity contribution is 4.88. The summed E-state index contributed by atoms with van der Waals surface area (Å²) in [6, 6.07) is 0. The Hall–Kier alpha value is -0.220. The molecule has 0 aromatic rings. The molecule has 0 amide bonds. The van der Waals surface area contributed by atoms with Crippen LogP contribution in [0.2, 0.25) is 0 Å². The van der Waals surface area contributed by atoms with Gasteiger partial charge in [0.2, 0.25) is 0 Å². The minimum absolute atomic E-state index is 0.145. The summed E-state index contributed by atoms with van der Waals surface area (Å²) in [5, 5.41) is 8.49. The van der Waals surface area contributed by atoms with Crippen molar-refractivity contribution in [2.45, 2.75) is 12.3 Å². The molecule has 0 aromatic heterocycles. The van der Waals surface area contributed by atoms with Gasteiger partial charge in [0.15, 0.2) is 0 Å². The molecule has 1 saturated heterocycles. The van der Waals surface area contributed by atoms with Crippen LogP contribution in [0.15, 0.2) is 0 Å².